The minimum Gasteiger partial charge on any atom is -0.483 e. The lowest BCUT2D eigenvalue weighted by atomic mass is 10.1. The summed E-state index contributed by atoms with van der Waals surface area (Å²) in [4.78, 5) is 19.0. The molecule has 0 amide bonds. The largest absolute Gasteiger partial charge is 0.483 e. The summed E-state index contributed by atoms with van der Waals surface area (Å²) < 4.78 is 0. The van der Waals surface area contributed by atoms with Crippen molar-refractivity contribution in [1.82, 2.24) is 20.2 Å². The SMILES string of the molecule is Cc1[nH]nc(Nc2nccc(N3CCCC(O)C3)n2)c1C#N.O=CO. The van der Waals surface area contributed by atoms with Gasteiger partial charge >= 0.3 is 0 Å². The summed E-state index contributed by atoms with van der Waals surface area (Å²) >= 11 is 0. The van der Waals surface area contributed by atoms with Crippen molar-refractivity contribution in [2.75, 3.05) is 23.3 Å². The highest BCUT2D eigenvalue weighted by Crippen LogP contribution is 2.21. The molecule has 25 heavy (non-hydrogen) atoms. The molecule has 1 aliphatic rings. The Morgan fingerprint density at radius 2 is 2.32 bits per heavy atom. The number of hydrogen-bond acceptors (Lipinski definition) is 8. The fraction of sp³-hybridized carbons (Fsp3) is 0.400. The standard InChI is InChI=1S/C14H17N7O.CH2O2/c1-9-11(7-15)13(20-19-9)18-14-16-5-4-12(17-14)21-6-2-3-10(22)8-21;2-1-3/h4-5,10,22H,2-3,6,8H2,1H3,(H2,16,17,18,19,20);1H,(H,2,3). The molecule has 0 aromatic carbocycles. The summed E-state index contributed by atoms with van der Waals surface area (Å²) in [6.07, 6.45) is 3.09. The van der Waals surface area contributed by atoms with Crippen LogP contribution in [0.5, 0.6) is 0 Å². The number of aliphatic hydroxyl groups is 1. The van der Waals surface area contributed by atoms with Gasteiger partial charge in [-0.2, -0.15) is 15.3 Å². The van der Waals surface area contributed by atoms with Crippen molar-refractivity contribution in [1.29, 1.82) is 5.26 Å². The molecule has 1 atom stereocenters. The summed E-state index contributed by atoms with van der Waals surface area (Å²) in [7, 11) is 0. The summed E-state index contributed by atoms with van der Waals surface area (Å²) in [6, 6.07) is 3.90. The van der Waals surface area contributed by atoms with Gasteiger partial charge in [-0.1, -0.05) is 0 Å². The van der Waals surface area contributed by atoms with E-state index in [4.69, 9.17) is 15.2 Å². The first-order chi connectivity index (χ1) is 12.1. The Kier molecular flexibility index (Phi) is 6.25. The highest BCUT2D eigenvalue weighted by Gasteiger charge is 2.19. The van der Waals surface area contributed by atoms with Crippen LogP contribution in [0.4, 0.5) is 17.6 Å². The zero-order valence-corrected chi connectivity index (χ0v) is 13.7. The minimum atomic E-state index is -0.320. The number of nitriles is 1. The molecule has 0 aliphatic carbocycles. The van der Waals surface area contributed by atoms with Crippen LogP contribution in [0.1, 0.15) is 24.1 Å². The highest BCUT2D eigenvalue weighted by molar-refractivity contribution is 5.60. The van der Waals surface area contributed by atoms with E-state index in [0.29, 0.717) is 29.6 Å². The summed E-state index contributed by atoms with van der Waals surface area (Å²) in [6.45, 7) is 2.96. The van der Waals surface area contributed by atoms with E-state index in [1.54, 1.807) is 13.1 Å². The number of rotatable bonds is 3. The number of β-amino-alcohol motifs (C(OH)–C–C–N with tert-alkyl or cyclic N) is 1. The monoisotopic (exact) mass is 345 g/mol. The summed E-state index contributed by atoms with van der Waals surface area (Å²) in [5.74, 6) is 1.54. The van der Waals surface area contributed by atoms with Crippen molar-refractivity contribution in [3.63, 3.8) is 0 Å². The number of carbonyl (C=O) groups is 1. The van der Waals surface area contributed by atoms with Gasteiger partial charge in [-0.05, 0) is 25.8 Å². The summed E-state index contributed by atoms with van der Waals surface area (Å²) in [5, 5.41) is 35.5. The topological polar surface area (TPSA) is 151 Å². The third-order valence-corrected chi connectivity index (χ3v) is 3.65. The van der Waals surface area contributed by atoms with E-state index in [-0.39, 0.29) is 12.6 Å². The molecular weight excluding hydrogens is 326 g/mol. The maximum absolute atomic E-state index is 9.77. The fourth-order valence-electron chi connectivity index (χ4n) is 2.51. The van der Waals surface area contributed by atoms with E-state index in [0.717, 1.165) is 25.2 Å². The molecule has 2 aromatic heterocycles. The van der Waals surface area contributed by atoms with Gasteiger partial charge in [-0.25, -0.2) is 4.98 Å². The van der Waals surface area contributed by atoms with Crippen molar-refractivity contribution >= 4 is 24.1 Å². The number of nitrogens with one attached hydrogen (secondary N) is 2. The Hall–Kier alpha value is -3.19. The molecule has 2 aromatic rings. The second-order valence-electron chi connectivity index (χ2n) is 5.39. The van der Waals surface area contributed by atoms with Gasteiger partial charge in [-0.15, -0.1) is 0 Å². The van der Waals surface area contributed by atoms with E-state index in [1.807, 2.05) is 11.0 Å². The minimum absolute atomic E-state index is 0.250. The van der Waals surface area contributed by atoms with E-state index >= 15 is 0 Å². The fourth-order valence-corrected chi connectivity index (χ4v) is 2.51. The highest BCUT2D eigenvalue weighted by atomic mass is 16.3. The average molecular weight is 345 g/mol. The molecule has 3 rings (SSSR count). The van der Waals surface area contributed by atoms with Gasteiger partial charge < -0.3 is 20.4 Å². The number of nitrogens with zero attached hydrogens (tertiary/aromatic N) is 5. The molecule has 1 unspecified atom stereocenters. The number of aromatic nitrogens is 4. The molecule has 0 radical (unpaired) electrons. The Bertz CT molecular complexity index is 756. The molecular formula is C15H19N7O3. The molecule has 3 heterocycles. The van der Waals surface area contributed by atoms with Crippen LogP contribution in [-0.2, 0) is 4.79 Å². The first kappa shape index (κ1) is 18.2. The molecule has 1 saturated heterocycles. The van der Waals surface area contributed by atoms with Gasteiger partial charge in [0, 0.05) is 19.3 Å². The van der Waals surface area contributed by atoms with E-state index in [9.17, 15) is 5.11 Å². The van der Waals surface area contributed by atoms with Crippen molar-refractivity contribution < 1.29 is 15.0 Å². The van der Waals surface area contributed by atoms with Crippen LogP contribution in [0, 0.1) is 18.3 Å². The van der Waals surface area contributed by atoms with E-state index in [1.165, 1.54) is 0 Å². The number of aromatic amines is 1. The second-order valence-corrected chi connectivity index (χ2v) is 5.39. The first-order valence-electron chi connectivity index (χ1n) is 7.65. The Balaban J connectivity index is 0.000000701. The Morgan fingerprint density at radius 1 is 1.56 bits per heavy atom. The number of aliphatic hydroxyl groups excluding tert-OH is 1. The average Bonchev–Trinajstić information content (AvgIpc) is 2.95. The van der Waals surface area contributed by atoms with Crippen LogP contribution >= 0.6 is 0 Å². The third kappa shape index (κ3) is 4.65. The van der Waals surface area contributed by atoms with Crippen LogP contribution in [-0.4, -0.2) is 56.0 Å². The molecule has 10 heteroatoms. The van der Waals surface area contributed by atoms with Gasteiger partial charge in [-0.3, -0.25) is 9.89 Å². The van der Waals surface area contributed by atoms with Crippen LogP contribution in [0.25, 0.3) is 0 Å². The van der Waals surface area contributed by atoms with Crippen molar-refractivity contribution in [3.8, 4) is 6.07 Å². The zero-order chi connectivity index (χ0) is 18.2. The Morgan fingerprint density at radius 3 is 3.00 bits per heavy atom. The lowest BCUT2D eigenvalue weighted by molar-refractivity contribution is -0.122. The maximum atomic E-state index is 9.77. The predicted molar refractivity (Wildman–Crippen MR) is 89.5 cm³/mol. The number of piperidine rings is 1. The van der Waals surface area contributed by atoms with Crippen LogP contribution < -0.4 is 10.2 Å². The van der Waals surface area contributed by atoms with E-state index < -0.39 is 0 Å². The van der Waals surface area contributed by atoms with Gasteiger partial charge in [0.1, 0.15) is 17.5 Å². The quantitative estimate of drug-likeness (QED) is 0.591. The van der Waals surface area contributed by atoms with Crippen molar-refractivity contribution in [2.24, 2.45) is 0 Å². The second kappa shape index (κ2) is 8.60. The van der Waals surface area contributed by atoms with Crippen LogP contribution in [0.2, 0.25) is 0 Å². The molecule has 132 valence electrons. The number of hydrogen-bond donors (Lipinski definition) is 4. The number of anilines is 3. The smallest absolute Gasteiger partial charge is 0.290 e. The van der Waals surface area contributed by atoms with E-state index in [2.05, 4.69) is 31.6 Å². The molecule has 1 fully saturated rings. The van der Waals surface area contributed by atoms with Gasteiger partial charge in [0.2, 0.25) is 5.95 Å². The zero-order valence-electron chi connectivity index (χ0n) is 13.7. The number of H-pyrrole nitrogens is 1. The lowest BCUT2D eigenvalue weighted by Crippen LogP contribution is -2.38. The van der Waals surface area contributed by atoms with Crippen molar-refractivity contribution in [3.05, 3.63) is 23.5 Å². The van der Waals surface area contributed by atoms with Crippen molar-refractivity contribution in [2.45, 2.75) is 25.9 Å². The first-order valence-corrected chi connectivity index (χ1v) is 7.65. The van der Waals surface area contributed by atoms with Gasteiger partial charge in [0.25, 0.3) is 6.47 Å². The molecule has 10 nitrogen and oxygen atoms in total. The molecule has 0 spiro atoms. The molecule has 0 bridgehead atoms. The number of aryl methyl sites for hydroxylation is 1. The lowest BCUT2D eigenvalue weighted by Gasteiger charge is -2.30. The Labute approximate surface area is 144 Å². The summed E-state index contributed by atoms with van der Waals surface area (Å²) in [5.41, 5.74) is 1.14. The third-order valence-electron chi connectivity index (χ3n) is 3.65. The van der Waals surface area contributed by atoms with Crippen LogP contribution in [0.15, 0.2) is 12.3 Å². The molecule has 0 saturated carbocycles. The molecule has 1 aliphatic heterocycles. The maximum Gasteiger partial charge on any atom is 0.290 e. The van der Waals surface area contributed by atoms with Crippen LogP contribution in [0.3, 0.4) is 0 Å². The van der Waals surface area contributed by atoms with Gasteiger partial charge in [0.05, 0.1) is 11.8 Å². The number of carboxylic acid groups (broad SMARTS) is 1. The normalized spacial score (nSPS) is 16.4. The predicted octanol–water partition coefficient (Wildman–Crippen LogP) is 0.785. The van der Waals surface area contributed by atoms with Gasteiger partial charge in [0.15, 0.2) is 5.82 Å². The molecule has 4 N–H and O–H groups in total.